The van der Waals surface area contributed by atoms with Gasteiger partial charge in [0.05, 0.1) is 5.70 Å². The van der Waals surface area contributed by atoms with Crippen LogP contribution in [0.15, 0.2) is 31.1 Å². The Morgan fingerprint density at radius 2 is 1.55 bits per heavy atom. The zero-order chi connectivity index (χ0) is 14.7. The molecule has 2 heterocycles. The highest BCUT2D eigenvalue weighted by Crippen LogP contribution is 2.21. The Hall–Kier alpha value is -2.64. The van der Waals surface area contributed by atoms with E-state index in [0.29, 0.717) is 5.56 Å². The van der Waals surface area contributed by atoms with Gasteiger partial charge in [-0.1, -0.05) is 6.58 Å². The summed E-state index contributed by atoms with van der Waals surface area (Å²) in [6.45, 7) is 3.59. The molecule has 0 aliphatic heterocycles. The molecule has 0 fully saturated rings. The molecular weight excluding hydrogens is 276 g/mol. The van der Waals surface area contributed by atoms with Crippen LogP contribution >= 0.6 is 0 Å². The van der Waals surface area contributed by atoms with Crippen molar-refractivity contribution >= 4 is 11.4 Å². The lowest BCUT2D eigenvalue weighted by Gasteiger charge is -2.13. The molecule has 0 bridgehead atoms. The maximum Gasteiger partial charge on any atom is 0.254 e. The van der Waals surface area contributed by atoms with E-state index < -0.39 is 29.2 Å². The van der Waals surface area contributed by atoms with Gasteiger partial charge in [-0.05, 0) is 12.1 Å². The fourth-order valence-corrected chi connectivity index (χ4v) is 1.36. The summed E-state index contributed by atoms with van der Waals surface area (Å²) in [5.41, 5.74) is 4.13. The van der Waals surface area contributed by atoms with Gasteiger partial charge in [-0.25, -0.2) is 0 Å². The molecule has 0 atom stereocenters. The van der Waals surface area contributed by atoms with Gasteiger partial charge in [-0.3, -0.25) is 10.4 Å². The predicted molar refractivity (Wildman–Crippen MR) is 64.1 cm³/mol. The topological polar surface area (TPSA) is 49.8 Å². The number of nitrogens with one attached hydrogen (secondary N) is 2. The first-order chi connectivity index (χ1) is 9.50. The van der Waals surface area contributed by atoms with Crippen LogP contribution in [0.25, 0.3) is 5.70 Å². The summed E-state index contributed by atoms with van der Waals surface area (Å²) in [7, 11) is 0. The van der Waals surface area contributed by atoms with Crippen LogP contribution in [0.1, 0.15) is 5.56 Å². The van der Waals surface area contributed by atoms with E-state index >= 15 is 0 Å². The Balaban J connectivity index is 2.18. The Bertz CT molecular complexity index is 619. The molecule has 0 saturated heterocycles. The normalized spacial score (nSPS) is 10.2. The van der Waals surface area contributed by atoms with Crippen molar-refractivity contribution in [2.24, 2.45) is 0 Å². The van der Waals surface area contributed by atoms with Crippen LogP contribution in [0.5, 0.6) is 0 Å². The number of hydrogen-bond acceptors (Lipinski definition) is 4. The molecule has 0 radical (unpaired) electrons. The van der Waals surface area contributed by atoms with E-state index in [-0.39, 0.29) is 5.70 Å². The van der Waals surface area contributed by atoms with Gasteiger partial charge in [0.1, 0.15) is 5.69 Å². The lowest BCUT2D eigenvalue weighted by Crippen LogP contribution is -2.22. The minimum Gasteiger partial charge on any atom is -0.301 e. The fraction of sp³-hybridized carbons (Fsp3) is 0. The number of halogens is 4. The van der Waals surface area contributed by atoms with Crippen molar-refractivity contribution in [3.8, 4) is 0 Å². The summed E-state index contributed by atoms with van der Waals surface area (Å²) in [5, 5.41) is 0. The number of hydrazine groups is 1. The molecule has 0 saturated carbocycles. The zero-order valence-corrected chi connectivity index (χ0v) is 9.92. The quantitative estimate of drug-likeness (QED) is 0.515. The highest BCUT2D eigenvalue weighted by molar-refractivity contribution is 5.63. The van der Waals surface area contributed by atoms with E-state index in [9.17, 15) is 17.6 Å². The van der Waals surface area contributed by atoms with Crippen LogP contribution < -0.4 is 10.9 Å². The van der Waals surface area contributed by atoms with Gasteiger partial charge < -0.3 is 5.43 Å². The van der Waals surface area contributed by atoms with Gasteiger partial charge in [-0.15, -0.1) is 0 Å². The van der Waals surface area contributed by atoms with E-state index in [1.807, 2.05) is 5.43 Å². The SMILES string of the molecule is C=C(NNc1c(F)c(F)nc(F)c1F)c1ccncc1. The molecule has 0 amide bonds. The molecule has 2 rings (SSSR count). The molecular formula is C12H8F4N4. The molecule has 4 nitrogen and oxygen atoms in total. The van der Waals surface area contributed by atoms with Crippen molar-refractivity contribution < 1.29 is 17.6 Å². The molecule has 2 aromatic heterocycles. The van der Waals surface area contributed by atoms with Crippen LogP contribution in [-0.4, -0.2) is 9.97 Å². The number of hydrogen-bond donors (Lipinski definition) is 2. The standard InChI is InChI=1S/C12H8F4N4/c1-6(7-2-4-17-5-3-7)19-20-10-8(13)11(15)18-12(16)9(10)14/h2-5,19H,1H2,(H,18,20). The third-order valence-corrected chi connectivity index (χ3v) is 2.36. The largest absolute Gasteiger partial charge is 0.301 e. The molecule has 2 aromatic rings. The van der Waals surface area contributed by atoms with Gasteiger partial charge in [0, 0.05) is 18.0 Å². The van der Waals surface area contributed by atoms with E-state index in [1.54, 1.807) is 12.1 Å². The van der Waals surface area contributed by atoms with Crippen molar-refractivity contribution in [1.82, 2.24) is 15.4 Å². The molecule has 0 aliphatic rings. The molecule has 8 heteroatoms. The smallest absolute Gasteiger partial charge is 0.254 e. The molecule has 0 spiro atoms. The van der Waals surface area contributed by atoms with Crippen molar-refractivity contribution in [1.29, 1.82) is 0 Å². The molecule has 20 heavy (non-hydrogen) atoms. The molecule has 104 valence electrons. The minimum atomic E-state index is -1.75. The maximum atomic E-state index is 13.3. The lowest BCUT2D eigenvalue weighted by atomic mass is 10.2. The Labute approximate surface area is 111 Å². The summed E-state index contributed by atoms with van der Waals surface area (Å²) in [6, 6.07) is 3.16. The third kappa shape index (κ3) is 2.68. The number of rotatable bonds is 4. The maximum absolute atomic E-state index is 13.3. The van der Waals surface area contributed by atoms with Crippen LogP contribution in [-0.2, 0) is 0 Å². The number of aromatic nitrogens is 2. The van der Waals surface area contributed by atoms with Crippen molar-refractivity contribution in [3.63, 3.8) is 0 Å². The molecule has 0 aromatic carbocycles. The molecule has 2 N–H and O–H groups in total. The van der Waals surface area contributed by atoms with Crippen LogP contribution in [0, 0.1) is 23.5 Å². The van der Waals surface area contributed by atoms with Gasteiger partial charge in [0.25, 0.3) is 11.9 Å². The van der Waals surface area contributed by atoms with E-state index in [2.05, 4.69) is 22.0 Å². The fourth-order valence-electron chi connectivity index (χ4n) is 1.36. The number of pyridine rings is 2. The molecule has 0 aliphatic carbocycles. The number of nitrogens with zero attached hydrogens (tertiary/aromatic N) is 2. The second-order valence-electron chi connectivity index (χ2n) is 3.66. The van der Waals surface area contributed by atoms with Crippen molar-refractivity contribution in [2.75, 3.05) is 5.43 Å². The van der Waals surface area contributed by atoms with E-state index in [1.165, 1.54) is 12.4 Å². The van der Waals surface area contributed by atoms with Gasteiger partial charge in [0.15, 0.2) is 0 Å². The zero-order valence-electron chi connectivity index (χ0n) is 9.92. The lowest BCUT2D eigenvalue weighted by molar-refractivity contribution is 0.410. The summed E-state index contributed by atoms with van der Waals surface area (Å²) in [5.74, 6) is -6.77. The van der Waals surface area contributed by atoms with Gasteiger partial charge >= 0.3 is 0 Å². The Morgan fingerprint density at radius 3 is 2.10 bits per heavy atom. The van der Waals surface area contributed by atoms with Gasteiger partial charge in [0.2, 0.25) is 11.6 Å². The summed E-state index contributed by atoms with van der Waals surface area (Å²) < 4.78 is 52.4. The average Bonchev–Trinajstić information content (AvgIpc) is 2.46. The first-order valence-electron chi connectivity index (χ1n) is 5.32. The third-order valence-electron chi connectivity index (χ3n) is 2.36. The highest BCUT2D eigenvalue weighted by atomic mass is 19.2. The summed E-state index contributed by atoms with van der Waals surface area (Å²) in [4.78, 5) is 6.22. The average molecular weight is 284 g/mol. The van der Waals surface area contributed by atoms with Crippen molar-refractivity contribution in [2.45, 2.75) is 0 Å². The first kappa shape index (κ1) is 13.8. The van der Waals surface area contributed by atoms with E-state index in [0.717, 1.165) is 0 Å². The summed E-state index contributed by atoms with van der Waals surface area (Å²) in [6.07, 6.45) is 2.96. The second-order valence-corrected chi connectivity index (χ2v) is 3.66. The number of anilines is 1. The monoisotopic (exact) mass is 284 g/mol. The van der Waals surface area contributed by atoms with Gasteiger partial charge in [-0.2, -0.15) is 22.5 Å². The van der Waals surface area contributed by atoms with Crippen molar-refractivity contribution in [3.05, 3.63) is 60.2 Å². The highest BCUT2D eigenvalue weighted by Gasteiger charge is 2.20. The van der Waals surface area contributed by atoms with Crippen LogP contribution in [0.2, 0.25) is 0 Å². The summed E-state index contributed by atoms with van der Waals surface area (Å²) >= 11 is 0. The van der Waals surface area contributed by atoms with E-state index in [4.69, 9.17) is 0 Å². The van der Waals surface area contributed by atoms with Crippen LogP contribution in [0.3, 0.4) is 0 Å². The second kappa shape index (κ2) is 5.55. The predicted octanol–water partition coefficient (Wildman–Crippen LogP) is 2.62. The Kier molecular flexibility index (Phi) is 3.83. The van der Waals surface area contributed by atoms with Crippen LogP contribution in [0.4, 0.5) is 23.2 Å². The molecule has 0 unspecified atom stereocenters. The first-order valence-corrected chi connectivity index (χ1v) is 5.32. The Morgan fingerprint density at radius 1 is 1.00 bits per heavy atom. The minimum absolute atomic E-state index is 0.226.